The van der Waals surface area contributed by atoms with Crippen molar-refractivity contribution >= 4 is 0 Å². The maximum absolute atomic E-state index is 10.4. The summed E-state index contributed by atoms with van der Waals surface area (Å²) < 4.78 is 5.26. The molecule has 0 spiro atoms. The van der Waals surface area contributed by atoms with Gasteiger partial charge < -0.3 is 9.84 Å². The van der Waals surface area contributed by atoms with Gasteiger partial charge in [0.2, 0.25) is 0 Å². The fourth-order valence-corrected chi connectivity index (χ4v) is 1.99. The second kappa shape index (κ2) is 4.52. The standard InChI is InChI=1S/C13H19NO2/c1-10(2)11-3-4-12(14-9-11)13(15)5-7-16-8-6-13/h3-4,9-10,15H,5-8H2,1-2H3. The summed E-state index contributed by atoms with van der Waals surface area (Å²) in [5, 5.41) is 10.4. The van der Waals surface area contributed by atoms with Gasteiger partial charge in [0.05, 0.1) is 5.69 Å². The average molecular weight is 221 g/mol. The van der Waals surface area contributed by atoms with Crippen molar-refractivity contribution in [1.82, 2.24) is 4.98 Å². The zero-order chi connectivity index (χ0) is 11.6. The molecule has 88 valence electrons. The first-order chi connectivity index (χ1) is 7.62. The van der Waals surface area contributed by atoms with Crippen molar-refractivity contribution in [2.24, 2.45) is 0 Å². The fraction of sp³-hybridized carbons (Fsp3) is 0.615. The molecule has 1 N–H and O–H groups in total. The molecule has 1 aromatic rings. The lowest BCUT2D eigenvalue weighted by Gasteiger charge is -2.31. The summed E-state index contributed by atoms with van der Waals surface area (Å²) in [7, 11) is 0. The Morgan fingerprint density at radius 2 is 2.00 bits per heavy atom. The van der Waals surface area contributed by atoms with Crippen molar-refractivity contribution < 1.29 is 9.84 Å². The predicted molar refractivity (Wildman–Crippen MR) is 62.3 cm³/mol. The molecular weight excluding hydrogens is 202 g/mol. The van der Waals surface area contributed by atoms with Crippen LogP contribution in [0.4, 0.5) is 0 Å². The molecule has 16 heavy (non-hydrogen) atoms. The van der Waals surface area contributed by atoms with Crippen LogP contribution in [0.2, 0.25) is 0 Å². The molecular formula is C13H19NO2. The Hall–Kier alpha value is -0.930. The fourth-order valence-electron chi connectivity index (χ4n) is 1.99. The Labute approximate surface area is 96.5 Å². The van der Waals surface area contributed by atoms with Gasteiger partial charge in [0.25, 0.3) is 0 Å². The van der Waals surface area contributed by atoms with E-state index in [2.05, 4.69) is 24.9 Å². The van der Waals surface area contributed by atoms with E-state index >= 15 is 0 Å². The SMILES string of the molecule is CC(C)c1ccc(C2(O)CCOCC2)nc1. The molecule has 0 aromatic carbocycles. The second-order valence-corrected chi connectivity index (χ2v) is 4.78. The first-order valence-corrected chi connectivity index (χ1v) is 5.88. The summed E-state index contributed by atoms with van der Waals surface area (Å²) in [5.41, 5.74) is 1.20. The van der Waals surface area contributed by atoms with Gasteiger partial charge in [0.1, 0.15) is 5.60 Å². The summed E-state index contributed by atoms with van der Waals surface area (Å²) >= 11 is 0. The quantitative estimate of drug-likeness (QED) is 0.832. The summed E-state index contributed by atoms with van der Waals surface area (Å²) in [6, 6.07) is 4.00. The normalized spacial score (nSPS) is 20.0. The third kappa shape index (κ3) is 2.25. The summed E-state index contributed by atoms with van der Waals surface area (Å²) in [5.74, 6) is 0.478. The highest BCUT2D eigenvalue weighted by molar-refractivity contribution is 5.21. The van der Waals surface area contributed by atoms with Gasteiger partial charge in [0, 0.05) is 32.3 Å². The molecule has 0 aliphatic carbocycles. The minimum atomic E-state index is -0.784. The Balaban J connectivity index is 2.20. The largest absolute Gasteiger partial charge is 0.383 e. The van der Waals surface area contributed by atoms with Crippen molar-refractivity contribution in [3.8, 4) is 0 Å². The molecule has 2 heterocycles. The van der Waals surface area contributed by atoms with Gasteiger partial charge in [-0.2, -0.15) is 0 Å². The van der Waals surface area contributed by atoms with E-state index in [0.717, 1.165) is 5.69 Å². The van der Waals surface area contributed by atoms with Crippen LogP contribution in [0, 0.1) is 0 Å². The van der Waals surface area contributed by atoms with E-state index in [1.165, 1.54) is 5.56 Å². The van der Waals surface area contributed by atoms with E-state index in [-0.39, 0.29) is 0 Å². The van der Waals surface area contributed by atoms with Gasteiger partial charge in [0.15, 0.2) is 0 Å². The zero-order valence-corrected chi connectivity index (χ0v) is 9.94. The minimum absolute atomic E-state index is 0.478. The van der Waals surface area contributed by atoms with Crippen LogP contribution in [-0.4, -0.2) is 23.3 Å². The first kappa shape index (κ1) is 11.6. The Bertz CT molecular complexity index is 339. The number of ether oxygens (including phenoxy) is 1. The highest BCUT2D eigenvalue weighted by Gasteiger charge is 2.32. The summed E-state index contributed by atoms with van der Waals surface area (Å²) in [4.78, 5) is 4.39. The Morgan fingerprint density at radius 1 is 1.31 bits per heavy atom. The van der Waals surface area contributed by atoms with Gasteiger partial charge in [-0.05, 0) is 17.5 Å². The lowest BCUT2D eigenvalue weighted by atomic mass is 9.89. The molecule has 1 aromatic heterocycles. The van der Waals surface area contributed by atoms with Gasteiger partial charge in [-0.3, -0.25) is 4.98 Å². The Morgan fingerprint density at radius 3 is 2.50 bits per heavy atom. The van der Waals surface area contributed by atoms with Crippen LogP contribution in [0.25, 0.3) is 0 Å². The van der Waals surface area contributed by atoms with E-state index < -0.39 is 5.60 Å². The number of pyridine rings is 1. The summed E-state index contributed by atoms with van der Waals surface area (Å²) in [6.45, 7) is 5.51. The van der Waals surface area contributed by atoms with Crippen LogP contribution in [0.3, 0.4) is 0 Å². The van der Waals surface area contributed by atoms with Crippen LogP contribution in [0.1, 0.15) is 43.9 Å². The van der Waals surface area contributed by atoms with E-state index in [1.54, 1.807) is 0 Å². The third-order valence-electron chi connectivity index (χ3n) is 3.25. The number of aromatic nitrogens is 1. The molecule has 0 radical (unpaired) electrons. The number of hydrogen-bond acceptors (Lipinski definition) is 3. The van der Waals surface area contributed by atoms with Crippen molar-refractivity contribution in [2.45, 2.75) is 38.2 Å². The maximum Gasteiger partial charge on any atom is 0.111 e. The number of hydrogen-bond donors (Lipinski definition) is 1. The molecule has 1 aliphatic heterocycles. The zero-order valence-electron chi connectivity index (χ0n) is 9.94. The van der Waals surface area contributed by atoms with E-state index in [9.17, 15) is 5.11 Å². The molecule has 3 heteroatoms. The van der Waals surface area contributed by atoms with E-state index in [4.69, 9.17) is 4.74 Å². The molecule has 3 nitrogen and oxygen atoms in total. The molecule has 0 amide bonds. The van der Waals surface area contributed by atoms with Crippen molar-refractivity contribution in [1.29, 1.82) is 0 Å². The lowest BCUT2D eigenvalue weighted by molar-refractivity contribution is -0.0705. The monoisotopic (exact) mass is 221 g/mol. The van der Waals surface area contributed by atoms with Gasteiger partial charge in [-0.15, -0.1) is 0 Å². The topological polar surface area (TPSA) is 42.4 Å². The summed E-state index contributed by atoms with van der Waals surface area (Å²) in [6.07, 6.45) is 3.15. The van der Waals surface area contributed by atoms with E-state index in [0.29, 0.717) is 32.0 Å². The lowest BCUT2D eigenvalue weighted by Crippen LogP contribution is -2.34. The van der Waals surface area contributed by atoms with Crippen molar-refractivity contribution in [3.63, 3.8) is 0 Å². The van der Waals surface area contributed by atoms with E-state index in [1.807, 2.05) is 12.3 Å². The maximum atomic E-state index is 10.4. The second-order valence-electron chi connectivity index (χ2n) is 4.78. The molecule has 0 saturated carbocycles. The highest BCUT2D eigenvalue weighted by atomic mass is 16.5. The van der Waals surface area contributed by atoms with Crippen LogP contribution in [0.15, 0.2) is 18.3 Å². The van der Waals surface area contributed by atoms with Gasteiger partial charge >= 0.3 is 0 Å². The predicted octanol–water partition coefficient (Wildman–Crippen LogP) is 2.20. The van der Waals surface area contributed by atoms with Crippen LogP contribution in [-0.2, 0) is 10.3 Å². The minimum Gasteiger partial charge on any atom is -0.383 e. The van der Waals surface area contributed by atoms with Crippen molar-refractivity contribution in [3.05, 3.63) is 29.6 Å². The first-order valence-electron chi connectivity index (χ1n) is 5.88. The molecule has 0 atom stereocenters. The molecule has 0 bridgehead atoms. The number of nitrogens with zero attached hydrogens (tertiary/aromatic N) is 1. The molecule has 1 saturated heterocycles. The van der Waals surface area contributed by atoms with Crippen molar-refractivity contribution in [2.75, 3.05) is 13.2 Å². The molecule has 1 aliphatic rings. The Kier molecular flexibility index (Phi) is 3.26. The number of aliphatic hydroxyl groups is 1. The van der Waals surface area contributed by atoms with Gasteiger partial charge in [-0.1, -0.05) is 19.9 Å². The van der Waals surface area contributed by atoms with Gasteiger partial charge in [-0.25, -0.2) is 0 Å². The molecule has 2 rings (SSSR count). The molecule has 0 unspecified atom stereocenters. The van der Waals surface area contributed by atoms with Crippen LogP contribution in [0.5, 0.6) is 0 Å². The van der Waals surface area contributed by atoms with Crippen LogP contribution < -0.4 is 0 Å². The molecule has 1 fully saturated rings. The average Bonchev–Trinajstić information content (AvgIpc) is 2.30. The third-order valence-corrected chi connectivity index (χ3v) is 3.25. The van der Waals surface area contributed by atoms with Crippen LogP contribution >= 0.6 is 0 Å². The number of rotatable bonds is 2. The smallest absolute Gasteiger partial charge is 0.111 e. The highest BCUT2D eigenvalue weighted by Crippen LogP contribution is 2.30.